The molecule has 2 fully saturated rings. The van der Waals surface area contributed by atoms with Crippen LogP contribution in [0.15, 0.2) is 34.1 Å². The third-order valence-corrected chi connectivity index (χ3v) is 9.77. The highest BCUT2D eigenvalue weighted by Crippen LogP contribution is 2.26. The van der Waals surface area contributed by atoms with Gasteiger partial charge in [0.05, 0.1) is 34.5 Å². The number of benzene rings is 1. The molecule has 31 heavy (non-hydrogen) atoms. The van der Waals surface area contributed by atoms with Crippen molar-refractivity contribution < 1.29 is 26.4 Å². The van der Waals surface area contributed by atoms with E-state index in [1.165, 1.54) is 32.9 Å². The molecule has 3 rings (SSSR count). The van der Waals surface area contributed by atoms with Crippen molar-refractivity contribution in [2.75, 3.05) is 39.4 Å². The molecule has 9 nitrogen and oxygen atoms in total. The van der Waals surface area contributed by atoms with Gasteiger partial charge in [0.25, 0.3) is 0 Å². The highest BCUT2D eigenvalue weighted by molar-refractivity contribution is 7.89. The molecular formula is C20H31N3O6S2. The van der Waals surface area contributed by atoms with Crippen LogP contribution in [0, 0.1) is 5.92 Å². The number of hydrogen-bond acceptors (Lipinski definition) is 6. The van der Waals surface area contributed by atoms with E-state index in [1.807, 2.05) is 6.92 Å². The Morgan fingerprint density at radius 2 is 1.71 bits per heavy atom. The van der Waals surface area contributed by atoms with Crippen molar-refractivity contribution in [2.45, 2.75) is 48.9 Å². The zero-order valence-electron chi connectivity index (χ0n) is 18.2. The van der Waals surface area contributed by atoms with Crippen LogP contribution in [0.2, 0.25) is 0 Å². The van der Waals surface area contributed by atoms with Gasteiger partial charge < -0.3 is 10.1 Å². The lowest BCUT2D eigenvalue weighted by Gasteiger charge is -2.40. The summed E-state index contributed by atoms with van der Waals surface area (Å²) in [5.41, 5.74) is -0.385. The molecule has 2 aliphatic rings. The molecule has 1 N–H and O–H groups in total. The summed E-state index contributed by atoms with van der Waals surface area (Å²) < 4.78 is 59.3. The lowest BCUT2D eigenvalue weighted by Crippen LogP contribution is -2.61. The van der Waals surface area contributed by atoms with Crippen molar-refractivity contribution in [3.63, 3.8) is 0 Å². The highest BCUT2D eigenvalue weighted by atomic mass is 32.2. The predicted molar refractivity (Wildman–Crippen MR) is 115 cm³/mol. The van der Waals surface area contributed by atoms with Crippen LogP contribution in [0.25, 0.3) is 0 Å². The first-order chi connectivity index (χ1) is 14.5. The predicted octanol–water partition coefficient (Wildman–Crippen LogP) is 1.02. The van der Waals surface area contributed by atoms with Crippen molar-refractivity contribution in [3.8, 4) is 0 Å². The SMILES string of the molecule is CCN(CC)S(=O)(=O)c1ccc(S(=O)(=O)N2CCC[C@@H](C(=O)NC3(C)COC3)C2)cc1. The molecule has 174 valence electrons. The second-order valence-electron chi connectivity index (χ2n) is 8.31. The normalized spacial score (nSPS) is 22.1. The molecule has 2 saturated heterocycles. The minimum atomic E-state index is -3.84. The van der Waals surface area contributed by atoms with Gasteiger partial charge in [-0.25, -0.2) is 16.8 Å². The van der Waals surface area contributed by atoms with Crippen molar-refractivity contribution in [3.05, 3.63) is 24.3 Å². The number of nitrogens with one attached hydrogen (secondary N) is 1. The maximum Gasteiger partial charge on any atom is 0.243 e. The van der Waals surface area contributed by atoms with Gasteiger partial charge in [0, 0.05) is 26.2 Å². The smallest absolute Gasteiger partial charge is 0.243 e. The number of rotatable bonds is 8. The van der Waals surface area contributed by atoms with E-state index in [2.05, 4.69) is 5.32 Å². The lowest BCUT2D eigenvalue weighted by atomic mass is 9.95. The van der Waals surface area contributed by atoms with Crippen LogP contribution in [0.4, 0.5) is 0 Å². The van der Waals surface area contributed by atoms with E-state index in [4.69, 9.17) is 4.74 Å². The summed E-state index contributed by atoms with van der Waals surface area (Å²) in [5, 5.41) is 2.96. The molecule has 2 heterocycles. The number of nitrogens with zero attached hydrogens (tertiary/aromatic N) is 2. The molecule has 0 spiro atoms. The highest BCUT2D eigenvalue weighted by Gasteiger charge is 2.39. The Hall–Kier alpha value is -1.53. The fourth-order valence-electron chi connectivity index (χ4n) is 3.90. The van der Waals surface area contributed by atoms with Crippen LogP contribution >= 0.6 is 0 Å². The van der Waals surface area contributed by atoms with E-state index < -0.39 is 26.0 Å². The Balaban J connectivity index is 1.74. The van der Waals surface area contributed by atoms with Crippen LogP contribution in [-0.4, -0.2) is 76.3 Å². The molecule has 1 aromatic rings. The van der Waals surface area contributed by atoms with Crippen LogP contribution in [0.3, 0.4) is 0 Å². The Morgan fingerprint density at radius 3 is 2.23 bits per heavy atom. The van der Waals surface area contributed by atoms with E-state index in [0.717, 1.165) is 0 Å². The fourth-order valence-corrected chi connectivity index (χ4v) is 6.88. The Kier molecular flexibility index (Phi) is 7.11. The molecule has 0 bridgehead atoms. The van der Waals surface area contributed by atoms with Gasteiger partial charge in [-0.3, -0.25) is 4.79 Å². The molecule has 11 heteroatoms. The zero-order valence-corrected chi connectivity index (χ0v) is 19.8. The third-order valence-electron chi connectivity index (χ3n) is 5.83. The minimum absolute atomic E-state index is 0.0198. The molecular weight excluding hydrogens is 442 g/mol. The van der Waals surface area contributed by atoms with E-state index in [9.17, 15) is 21.6 Å². The molecule has 0 aliphatic carbocycles. The number of carbonyl (C=O) groups excluding carboxylic acids is 1. The molecule has 0 unspecified atom stereocenters. The van der Waals surface area contributed by atoms with Gasteiger partial charge in [-0.05, 0) is 44.0 Å². The first-order valence-electron chi connectivity index (χ1n) is 10.5. The number of amides is 1. The van der Waals surface area contributed by atoms with Crippen LogP contribution < -0.4 is 5.32 Å². The number of hydrogen-bond donors (Lipinski definition) is 1. The van der Waals surface area contributed by atoms with Gasteiger partial charge in [0.1, 0.15) is 0 Å². The van der Waals surface area contributed by atoms with E-state index >= 15 is 0 Å². The maximum atomic E-state index is 13.1. The summed E-state index contributed by atoms with van der Waals surface area (Å²) in [5.74, 6) is -0.588. The van der Waals surface area contributed by atoms with Gasteiger partial charge in [0.2, 0.25) is 26.0 Å². The van der Waals surface area contributed by atoms with Gasteiger partial charge in [-0.2, -0.15) is 8.61 Å². The van der Waals surface area contributed by atoms with E-state index in [1.54, 1.807) is 13.8 Å². The average Bonchev–Trinajstić information content (AvgIpc) is 2.73. The van der Waals surface area contributed by atoms with Gasteiger partial charge in [-0.1, -0.05) is 13.8 Å². The summed E-state index contributed by atoms with van der Waals surface area (Å²) in [6.07, 6.45) is 1.20. The topological polar surface area (TPSA) is 113 Å². The minimum Gasteiger partial charge on any atom is -0.376 e. The zero-order chi connectivity index (χ0) is 22.9. The summed E-state index contributed by atoms with van der Waals surface area (Å²) in [4.78, 5) is 12.7. The van der Waals surface area contributed by atoms with Gasteiger partial charge in [-0.15, -0.1) is 0 Å². The van der Waals surface area contributed by atoms with E-state index in [0.29, 0.717) is 45.7 Å². The van der Waals surface area contributed by atoms with Crippen molar-refractivity contribution in [2.24, 2.45) is 5.92 Å². The molecule has 1 amide bonds. The van der Waals surface area contributed by atoms with E-state index in [-0.39, 0.29) is 27.8 Å². The maximum absolute atomic E-state index is 13.1. The molecule has 0 radical (unpaired) electrons. The number of piperidine rings is 1. The molecule has 1 atom stereocenters. The number of sulfonamides is 2. The molecule has 0 aromatic heterocycles. The Labute approximate surface area is 184 Å². The van der Waals surface area contributed by atoms with Gasteiger partial charge in [0.15, 0.2) is 0 Å². The standard InChI is InChI=1S/C20H31N3O6S2/c1-4-22(5-2)30(25,26)17-8-10-18(11-9-17)31(27,28)23-12-6-7-16(13-23)19(24)21-20(3)14-29-15-20/h8-11,16H,4-7,12-15H2,1-3H3,(H,21,24)/t16-/m1/s1. The Bertz CT molecular complexity index is 1000. The first kappa shape index (κ1) is 24.1. The Morgan fingerprint density at radius 1 is 1.13 bits per heavy atom. The van der Waals surface area contributed by atoms with Crippen molar-refractivity contribution >= 4 is 26.0 Å². The van der Waals surface area contributed by atoms with Crippen LogP contribution in [0.1, 0.15) is 33.6 Å². The summed E-state index contributed by atoms with van der Waals surface area (Å²) in [6, 6.07) is 5.29. The van der Waals surface area contributed by atoms with Gasteiger partial charge >= 0.3 is 0 Å². The quantitative estimate of drug-likeness (QED) is 0.603. The lowest BCUT2D eigenvalue weighted by molar-refractivity contribution is -0.136. The van der Waals surface area contributed by atoms with Crippen molar-refractivity contribution in [1.82, 2.24) is 13.9 Å². The fraction of sp³-hybridized carbons (Fsp3) is 0.650. The number of carbonyl (C=O) groups is 1. The summed E-state index contributed by atoms with van der Waals surface area (Å²) >= 11 is 0. The molecule has 0 saturated carbocycles. The largest absolute Gasteiger partial charge is 0.376 e. The summed E-state index contributed by atoms with van der Waals surface area (Å²) in [6.45, 7) is 7.41. The molecule has 2 aliphatic heterocycles. The third kappa shape index (κ3) is 4.95. The second kappa shape index (κ2) is 9.14. The van der Waals surface area contributed by atoms with Crippen molar-refractivity contribution in [1.29, 1.82) is 0 Å². The average molecular weight is 474 g/mol. The first-order valence-corrected chi connectivity index (χ1v) is 13.4. The monoisotopic (exact) mass is 473 g/mol. The van der Waals surface area contributed by atoms with Crippen LogP contribution in [-0.2, 0) is 29.6 Å². The second-order valence-corrected chi connectivity index (χ2v) is 12.2. The summed E-state index contributed by atoms with van der Waals surface area (Å²) in [7, 11) is -7.50. The number of ether oxygens (including phenoxy) is 1. The van der Waals surface area contributed by atoms with Crippen LogP contribution in [0.5, 0.6) is 0 Å². The molecule has 1 aromatic carbocycles.